The van der Waals surface area contributed by atoms with E-state index in [1.807, 2.05) is 0 Å². The van der Waals surface area contributed by atoms with Crippen LogP contribution < -0.4 is 5.73 Å². The molecule has 0 spiro atoms. The van der Waals surface area contributed by atoms with Crippen LogP contribution in [0.15, 0.2) is 11.2 Å². The topological polar surface area (TPSA) is 99.9 Å². The highest BCUT2D eigenvalue weighted by Gasteiger charge is 2.04. The van der Waals surface area contributed by atoms with Crippen LogP contribution in [0.1, 0.15) is 11.4 Å². The lowest BCUT2D eigenvalue weighted by molar-refractivity contribution is -0.307. The van der Waals surface area contributed by atoms with Crippen LogP contribution in [-0.4, -0.2) is 31.5 Å². The molecule has 0 saturated heterocycles. The molecule has 0 unspecified atom stereocenters. The molecule has 72 valence electrons. The molecular weight excluding hydrogens is 174 g/mol. The standard InChI is InChI=1S/C6H11N5O2/c1-4-3-5(2)10(8-4)6(7)9-11(12)13/h3,12-13H,1-2H3,(H2,7,9). The van der Waals surface area contributed by atoms with Crippen molar-refractivity contribution in [1.82, 2.24) is 15.1 Å². The van der Waals surface area contributed by atoms with E-state index in [0.29, 0.717) is 0 Å². The zero-order valence-corrected chi connectivity index (χ0v) is 7.34. The van der Waals surface area contributed by atoms with Crippen molar-refractivity contribution in [3.8, 4) is 0 Å². The molecule has 0 aliphatic heterocycles. The number of nitrogens with zero attached hydrogens (tertiary/aromatic N) is 4. The minimum atomic E-state index is -0.355. The molecule has 0 aliphatic carbocycles. The SMILES string of the molecule is Cc1cc(C)n(C(N)=NN(O)O)n1. The highest BCUT2D eigenvalue weighted by Crippen LogP contribution is 2.00. The molecule has 1 aromatic rings. The number of rotatable bonds is 1. The fourth-order valence-corrected chi connectivity index (χ4v) is 0.995. The zero-order valence-electron chi connectivity index (χ0n) is 7.34. The molecule has 1 rings (SSSR count). The Balaban J connectivity index is 3.01. The fraction of sp³-hybridized carbons (Fsp3) is 0.333. The van der Waals surface area contributed by atoms with Crippen LogP contribution in [0.5, 0.6) is 0 Å². The number of aromatic nitrogens is 2. The molecule has 0 amide bonds. The van der Waals surface area contributed by atoms with Crippen molar-refractivity contribution in [2.75, 3.05) is 0 Å². The summed E-state index contributed by atoms with van der Waals surface area (Å²) in [5.41, 5.74) is 6.94. The van der Waals surface area contributed by atoms with Crippen LogP contribution in [0.3, 0.4) is 0 Å². The number of aryl methyl sites for hydroxylation is 2. The molecule has 0 atom stereocenters. The van der Waals surface area contributed by atoms with E-state index in [9.17, 15) is 0 Å². The van der Waals surface area contributed by atoms with Gasteiger partial charge in [0.1, 0.15) is 0 Å². The van der Waals surface area contributed by atoms with E-state index in [0.717, 1.165) is 11.4 Å². The average Bonchev–Trinajstić information content (AvgIpc) is 2.28. The van der Waals surface area contributed by atoms with Gasteiger partial charge in [-0.1, -0.05) is 5.10 Å². The summed E-state index contributed by atoms with van der Waals surface area (Å²) in [6.07, 6.45) is 0. The molecule has 13 heavy (non-hydrogen) atoms. The van der Waals surface area contributed by atoms with E-state index in [1.54, 1.807) is 19.9 Å². The van der Waals surface area contributed by atoms with Gasteiger partial charge in [0.05, 0.1) is 5.69 Å². The summed E-state index contributed by atoms with van der Waals surface area (Å²) in [7, 11) is 0. The first kappa shape index (κ1) is 9.49. The van der Waals surface area contributed by atoms with Gasteiger partial charge in [-0.05, 0) is 25.2 Å². The Kier molecular flexibility index (Phi) is 2.49. The average molecular weight is 185 g/mol. The van der Waals surface area contributed by atoms with Crippen LogP contribution in [0.2, 0.25) is 0 Å². The Morgan fingerprint density at radius 3 is 2.62 bits per heavy atom. The summed E-state index contributed by atoms with van der Waals surface area (Å²) in [4.78, 5) is 0. The summed E-state index contributed by atoms with van der Waals surface area (Å²) in [6.45, 7) is 3.58. The van der Waals surface area contributed by atoms with Gasteiger partial charge < -0.3 is 5.73 Å². The van der Waals surface area contributed by atoms with Crippen LogP contribution in [-0.2, 0) is 0 Å². The van der Waals surface area contributed by atoms with Crippen molar-refractivity contribution in [2.45, 2.75) is 13.8 Å². The van der Waals surface area contributed by atoms with Gasteiger partial charge in [-0.3, -0.25) is 0 Å². The van der Waals surface area contributed by atoms with Crippen LogP contribution in [0.25, 0.3) is 0 Å². The second-order valence-corrected chi connectivity index (χ2v) is 2.57. The van der Waals surface area contributed by atoms with Crippen LogP contribution in [0.4, 0.5) is 0 Å². The Bertz CT molecular complexity index is 330. The van der Waals surface area contributed by atoms with E-state index in [4.69, 9.17) is 16.1 Å². The summed E-state index contributed by atoms with van der Waals surface area (Å²) in [6, 6.07) is 1.79. The van der Waals surface area contributed by atoms with Gasteiger partial charge in [-0.15, -0.1) is 0 Å². The molecular formula is C6H11N5O2. The second-order valence-electron chi connectivity index (χ2n) is 2.57. The van der Waals surface area contributed by atoms with Gasteiger partial charge in [0.2, 0.25) is 5.96 Å². The van der Waals surface area contributed by atoms with Gasteiger partial charge in [0.25, 0.3) is 0 Å². The van der Waals surface area contributed by atoms with E-state index >= 15 is 0 Å². The number of nitrogens with two attached hydrogens (primary N) is 1. The Morgan fingerprint density at radius 1 is 1.62 bits per heavy atom. The summed E-state index contributed by atoms with van der Waals surface area (Å²) >= 11 is 0. The van der Waals surface area contributed by atoms with E-state index in [-0.39, 0.29) is 11.3 Å². The lowest BCUT2D eigenvalue weighted by Gasteiger charge is -2.04. The second kappa shape index (κ2) is 3.42. The fourth-order valence-electron chi connectivity index (χ4n) is 0.995. The summed E-state index contributed by atoms with van der Waals surface area (Å²) in [5, 5.41) is 23.5. The monoisotopic (exact) mass is 185 g/mol. The predicted molar refractivity (Wildman–Crippen MR) is 44.1 cm³/mol. The zero-order chi connectivity index (χ0) is 10.0. The minimum absolute atomic E-state index is 0.115. The first-order valence-electron chi connectivity index (χ1n) is 3.56. The summed E-state index contributed by atoms with van der Waals surface area (Å²) < 4.78 is 1.30. The molecule has 1 heterocycles. The molecule has 4 N–H and O–H groups in total. The molecule has 0 aromatic carbocycles. The normalized spacial score (nSPS) is 11.8. The van der Waals surface area contributed by atoms with Crippen molar-refractivity contribution in [3.63, 3.8) is 0 Å². The summed E-state index contributed by atoms with van der Waals surface area (Å²) in [5.74, 6) is -0.115. The Morgan fingerprint density at radius 2 is 2.23 bits per heavy atom. The van der Waals surface area contributed by atoms with Gasteiger partial charge in [0, 0.05) is 5.69 Å². The highest BCUT2D eigenvalue weighted by molar-refractivity contribution is 5.79. The molecule has 0 radical (unpaired) electrons. The third kappa shape index (κ3) is 2.17. The maximum absolute atomic E-state index is 8.36. The Labute approximate surface area is 74.6 Å². The predicted octanol–water partition coefficient (Wildman–Crippen LogP) is -0.342. The molecule has 0 aliphatic rings. The largest absolute Gasteiger partial charge is 0.366 e. The number of hydrogen-bond donors (Lipinski definition) is 3. The van der Waals surface area contributed by atoms with Crippen LogP contribution in [0, 0.1) is 13.8 Å². The van der Waals surface area contributed by atoms with Crippen molar-refractivity contribution in [1.29, 1.82) is 0 Å². The van der Waals surface area contributed by atoms with Crippen molar-refractivity contribution in [2.24, 2.45) is 10.8 Å². The highest BCUT2D eigenvalue weighted by atomic mass is 16.8. The van der Waals surface area contributed by atoms with E-state index in [2.05, 4.69) is 10.2 Å². The van der Waals surface area contributed by atoms with Gasteiger partial charge >= 0.3 is 0 Å². The van der Waals surface area contributed by atoms with E-state index in [1.165, 1.54) is 4.68 Å². The first-order valence-corrected chi connectivity index (χ1v) is 3.56. The van der Waals surface area contributed by atoms with Crippen molar-refractivity contribution in [3.05, 3.63) is 17.5 Å². The Hall–Kier alpha value is -1.60. The molecule has 1 aromatic heterocycles. The van der Waals surface area contributed by atoms with Crippen molar-refractivity contribution >= 4 is 5.96 Å². The maximum atomic E-state index is 8.36. The maximum Gasteiger partial charge on any atom is 0.244 e. The van der Waals surface area contributed by atoms with Gasteiger partial charge in [-0.25, -0.2) is 15.1 Å². The molecule has 0 fully saturated rings. The lowest BCUT2D eigenvalue weighted by Crippen LogP contribution is -2.27. The third-order valence-electron chi connectivity index (χ3n) is 1.42. The first-order chi connectivity index (χ1) is 6.00. The quantitative estimate of drug-likeness (QED) is 0.315. The third-order valence-corrected chi connectivity index (χ3v) is 1.42. The van der Waals surface area contributed by atoms with Crippen molar-refractivity contribution < 1.29 is 10.4 Å². The van der Waals surface area contributed by atoms with E-state index < -0.39 is 0 Å². The minimum Gasteiger partial charge on any atom is -0.366 e. The smallest absolute Gasteiger partial charge is 0.244 e. The van der Waals surface area contributed by atoms with Gasteiger partial charge in [-0.2, -0.15) is 5.10 Å². The lowest BCUT2D eigenvalue weighted by atomic mass is 10.4. The molecule has 0 bridgehead atoms. The molecule has 7 heteroatoms. The number of hydrazone groups is 1. The molecule has 0 saturated carbocycles. The van der Waals surface area contributed by atoms with Gasteiger partial charge in [0.15, 0.2) is 0 Å². The number of hydrogen-bond acceptors (Lipinski definition) is 5. The van der Waals surface area contributed by atoms with Crippen LogP contribution >= 0.6 is 0 Å². The molecule has 7 nitrogen and oxygen atoms in total.